The number of esters is 1. The summed E-state index contributed by atoms with van der Waals surface area (Å²) in [5, 5.41) is 2.89. The van der Waals surface area contributed by atoms with Gasteiger partial charge in [-0.15, -0.1) is 0 Å². The maximum Gasteiger partial charge on any atom is 0.308 e. The number of ether oxygens (including phenoxy) is 1. The number of carbonyl (C=O) groups is 2. The molecule has 6 heteroatoms. The van der Waals surface area contributed by atoms with Crippen LogP contribution in [0.5, 0.6) is 0 Å². The Kier molecular flexibility index (Phi) is 6.68. The average Bonchev–Trinajstić information content (AvgIpc) is 2.74. The lowest BCUT2D eigenvalue weighted by molar-refractivity contribution is -0.147. The summed E-state index contributed by atoms with van der Waals surface area (Å²) < 4.78 is 5.24. The predicted octanol–water partition coefficient (Wildman–Crippen LogP) is 3.96. The number of nitrogens with one attached hydrogen (secondary N) is 1. The summed E-state index contributed by atoms with van der Waals surface area (Å²) in [4.78, 5) is 33.5. The smallest absolute Gasteiger partial charge is 0.308 e. The second kappa shape index (κ2) is 9.59. The summed E-state index contributed by atoms with van der Waals surface area (Å²) in [5.74, 6) is -0.178. The van der Waals surface area contributed by atoms with E-state index in [9.17, 15) is 9.59 Å². The highest BCUT2D eigenvalue weighted by molar-refractivity contribution is 5.94. The first-order chi connectivity index (χ1) is 14.0. The lowest BCUT2D eigenvalue weighted by Crippen LogP contribution is -2.31. The molecule has 3 aromatic rings. The number of rotatable bonds is 7. The molecule has 0 fully saturated rings. The van der Waals surface area contributed by atoms with E-state index in [2.05, 4.69) is 15.3 Å². The van der Waals surface area contributed by atoms with Crippen molar-refractivity contribution >= 4 is 11.9 Å². The number of benzene rings is 2. The van der Waals surface area contributed by atoms with Crippen LogP contribution in [0.2, 0.25) is 0 Å². The highest BCUT2D eigenvalue weighted by Gasteiger charge is 2.21. The fourth-order valence-electron chi connectivity index (χ4n) is 2.84. The third kappa shape index (κ3) is 5.72. The fraction of sp³-hybridized carbons (Fsp3) is 0.217. The second-order valence-corrected chi connectivity index (χ2v) is 6.84. The summed E-state index contributed by atoms with van der Waals surface area (Å²) >= 11 is 0. The van der Waals surface area contributed by atoms with Crippen LogP contribution in [0.4, 0.5) is 0 Å². The summed E-state index contributed by atoms with van der Waals surface area (Å²) in [5.41, 5.74) is 2.02. The van der Waals surface area contributed by atoms with Crippen LogP contribution < -0.4 is 5.32 Å². The predicted molar refractivity (Wildman–Crippen MR) is 110 cm³/mol. The van der Waals surface area contributed by atoms with Crippen molar-refractivity contribution in [3.05, 3.63) is 84.2 Å². The van der Waals surface area contributed by atoms with Crippen molar-refractivity contribution in [1.29, 1.82) is 0 Å². The monoisotopic (exact) mass is 389 g/mol. The molecule has 1 aromatic heterocycles. The van der Waals surface area contributed by atoms with Gasteiger partial charge in [-0.25, -0.2) is 9.97 Å². The van der Waals surface area contributed by atoms with Crippen molar-refractivity contribution < 1.29 is 14.3 Å². The van der Waals surface area contributed by atoms with Gasteiger partial charge in [-0.1, -0.05) is 60.7 Å². The number of carbonyl (C=O) groups excluding carboxylic acids is 2. The first kappa shape index (κ1) is 20.2. The highest BCUT2D eigenvalue weighted by Crippen LogP contribution is 2.19. The van der Waals surface area contributed by atoms with Crippen LogP contribution in [0.15, 0.2) is 73.1 Å². The molecule has 148 valence electrons. The van der Waals surface area contributed by atoms with Gasteiger partial charge in [-0.3, -0.25) is 9.59 Å². The standard InChI is InChI=1S/C23H23N3O3/c1-16(2)29-21(27)13-20(17-9-5-3-6-10-17)26-23(28)19-14-24-22(25-15-19)18-11-7-4-8-12-18/h3-12,14-16,20H,13H2,1-2H3,(H,26,28). The van der Waals surface area contributed by atoms with E-state index in [0.29, 0.717) is 11.4 Å². The number of amides is 1. The van der Waals surface area contributed by atoms with Gasteiger partial charge in [0.1, 0.15) is 0 Å². The lowest BCUT2D eigenvalue weighted by Gasteiger charge is -2.19. The number of aromatic nitrogens is 2. The molecule has 1 unspecified atom stereocenters. The van der Waals surface area contributed by atoms with Crippen LogP contribution in [-0.2, 0) is 9.53 Å². The normalized spacial score (nSPS) is 11.7. The van der Waals surface area contributed by atoms with E-state index in [1.807, 2.05) is 60.7 Å². The van der Waals surface area contributed by atoms with E-state index in [-0.39, 0.29) is 24.4 Å². The highest BCUT2D eigenvalue weighted by atomic mass is 16.5. The Hall–Kier alpha value is -3.54. The number of nitrogens with zero attached hydrogens (tertiary/aromatic N) is 2. The zero-order valence-electron chi connectivity index (χ0n) is 16.4. The Bertz CT molecular complexity index is 942. The molecule has 0 aliphatic rings. The molecule has 0 spiro atoms. The molecular formula is C23H23N3O3. The average molecular weight is 389 g/mol. The molecule has 0 aliphatic carbocycles. The van der Waals surface area contributed by atoms with Gasteiger partial charge in [0, 0.05) is 18.0 Å². The quantitative estimate of drug-likeness (QED) is 0.619. The topological polar surface area (TPSA) is 81.2 Å². The van der Waals surface area contributed by atoms with Crippen molar-refractivity contribution in [3.8, 4) is 11.4 Å². The largest absolute Gasteiger partial charge is 0.463 e. The van der Waals surface area contributed by atoms with Crippen molar-refractivity contribution in [2.24, 2.45) is 0 Å². The van der Waals surface area contributed by atoms with Gasteiger partial charge in [-0.05, 0) is 19.4 Å². The van der Waals surface area contributed by atoms with Crippen LogP contribution in [0, 0.1) is 0 Å². The Morgan fingerprint density at radius 1 is 0.931 bits per heavy atom. The summed E-state index contributed by atoms with van der Waals surface area (Å²) in [6, 6.07) is 18.3. The van der Waals surface area contributed by atoms with Gasteiger partial charge in [0.25, 0.3) is 5.91 Å². The Labute approximate surface area is 170 Å². The van der Waals surface area contributed by atoms with Crippen LogP contribution in [0.25, 0.3) is 11.4 Å². The summed E-state index contributed by atoms with van der Waals surface area (Å²) in [7, 11) is 0. The van der Waals surface area contributed by atoms with E-state index in [1.54, 1.807) is 13.8 Å². The van der Waals surface area contributed by atoms with Gasteiger partial charge in [0.15, 0.2) is 5.82 Å². The maximum absolute atomic E-state index is 12.7. The fourth-order valence-corrected chi connectivity index (χ4v) is 2.84. The van der Waals surface area contributed by atoms with Crippen molar-refractivity contribution in [2.45, 2.75) is 32.4 Å². The number of hydrogen-bond donors (Lipinski definition) is 1. The molecule has 0 saturated heterocycles. The van der Waals surface area contributed by atoms with E-state index >= 15 is 0 Å². The zero-order chi connectivity index (χ0) is 20.6. The minimum absolute atomic E-state index is 0.0386. The van der Waals surface area contributed by atoms with Crippen LogP contribution in [-0.4, -0.2) is 27.9 Å². The van der Waals surface area contributed by atoms with Crippen molar-refractivity contribution in [3.63, 3.8) is 0 Å². The third-order valence-corrected chi connectivity index (χ3v) is 4.19. The van der Waals surface area contributed by atoms with Gasteiger partial charge in [0.05, 0.1) is 24.1 Å². The SMILES string of the molecule is CC(C)OC(=O)CC(NC(=O)c1cnc(-c2ccccc2)nc1)c1ccccc1. The molecule has 1 N–H and O–H groups in total. The van der Waals surface area contributed by atoms with E-state index < -0.39 is 6.04 Å². The Morgan fingerprint density at radius 3 is 2.10 bits per heavy atom. The third-order valence-electron chi connectivity index (χ3n) is 4.19. The van der Waals surface area contributed by atoms with Crippen LogP contribution >= 0.6 is 0 Å². The molecule has 6 nitrogen and oxygen atoms in total. The lowest BCUT2D eigenvalue weighted by atomic mass is 10.0. The molecule has 0 aliphatic heterocycles. The molecule has 0 radical (unpaired) electrons. The molecule has 1 atom stereocenters. The first-order valence-electron chi connectivity index (χ1n) is 9.45. The maximum atomic E-state index is 12.7. The molecule has 3 rings (SSSR count). The van der Waals surface area contributed by atoms with E-state index in [0.717, 1.165) is 11.1 Å². The van der Waals surface area contributed by atoms with Gasteiger partial charge in [0.2, 0.25) is 0 Å². The Balaban J connectivity index is 1.74. The molecule has 2 aromatic carbocycles. The minimum Gasteiger partial charge on any atom is -0.463 e. The van der Waals surface area contributed by atoms with Gasteiger partial charge >= 0.3 is 5.97 Å². The van der Waals surface area contributed by atoms with Crippen LogP contribution in [0.1, 0.15) is 42.2 Å². The summed E-state index contributed by atoms with van der Waals surface area (Å²) in [6.07, 6.45) is 2.79. The van der Waals surface area contributed by atoms with E-state index in [1.165, 1.54) is 12.4 Å². The molecule has 0 saturated carbocycles. The minimum atomic E-state index is -0.510. The molecule has 29 heavy (non-hydrogen) atoms. The molecule has 1 heterocycles. The molecule has 0 bridgehead atoms. The zero-order valence-corrected chi connectivity index (χ0v) is 16.4. The number of hydrogen-bond acceptors (Lipinski definition) is 5. The summed E-state index contributed by atoms with van der Waals surface area (Å²) in [6.45, 7) is 3.58. The van der Waals surface area contributed by atoms with Crippen molar-refractivity contribution in [2.75, 3.05) is 0 Å². The second-order valence-electron chi connectivity index (χ2n) is 6.84. The Morgan fingerprint density at radius 2 is 1.52 bits per heavy atom. The van der Waals surface area contributed by atoms with Crippen molar-refractivity contribution in [1.82, 2.24) is 15.3 Å². The molecular weight excluding hydrogens is 366 g/mol. The van der Waals surface area contributed by atoms with E-state index in [4.69, 9.17) is 4.74 Å². The molecule has 1 amide bonds. The van der Waals surface area contributed by atoms with Gasteiger partial charge in [-0.2, -0.15) is 0 Å². The van der Waals surface area contributed by atoms with Crippen LogP contribution in [0.3, 0.4) is 0 Å². The van der Waals surface area contributed by atoms with Gasteiger partial charge < -0.3 is 10.1 Å². The first-order valence-corrected chi connectivity index (χ1v) is 9.45.